The Morgan fingerprint density at radius 2 is 1.76 bits per heavy atom. The van der Waals surface area contributed by atoms with E-state index in [1.807, 2.05) is 6.92 Å². The normalized spacial score (nSPS) is 37.0. The molecule has 4 aliphatic carbocycles. The number of anilines is 1. The van der Waals surface area contributed by atoms with Gasteiger partial charge in [0.2, 0.25) is 0 Å². The van der Waals surface area contributed by atoms with Gasteiger partial charge in [-0.05, 0) is 63.2 Å². The minimum absolute atomic E-state index is 0.0243. The minimum Gasteiger partial charge on any atom is -0.395 e. The number of nitrogens with zero attached hydrogens (tertiary/aromatic N) is 2. The number of carbonyl (C=O) groups is 1. The summed E-state index contributed by atoms with van der Waals surface area (Å²) in [5.74, 6) is 2.42. The van der Waals surface area contributed by atoms with Gasteiger partial charge in [0.1, 0.15) is 5.69 Å². The van der Waals surface area contributed by atoms with E-state index in [1.165, 1.54) is 19.3 Å². The van der Waals surface area contributed by atoms with Gasteiger partial charge in [0.25, 0.3) is 5.91 Å². The minimum atomic E-state index is -0.0439. The molecule has 114 valence electrons. The largest absolute Gasteiger partial charge is 0.395 e. The van der Waals surface area contributed by atoms with E-state index in [1.54, 1.807) is 11.7 Å². The van der Waals surface area contributed by atoms with Gasteiger partial charge in [-0.3, -0.25) is 9.48 Å². The number of hydrogen-bond donors (Lipinski definition) is 2. The molecule has 0 saturated heterocycles. The van der Waals surface area contributed by atoms with Crippen LogP contribution in [0.5, 0.6) is 0 Å². The maximum absolute atomic E-state index is 12.7. The van der Waals surface area contributed by atoms with Crippen molar-refractivity contribution >= 4 is 11.6 Å². The summed E-state index contributed by atoms with van der Waals surface area (Å²) in [4.78, 5) is 12.7. The Morgan fingerprint density at radius 3 is 2.19 bits per heavy atom. The van der Waals surface area contributed by atoms with Gasteiger partial charge in [-0.15, -0.1) is 0 Å². The zero-order chi connectivity index (χ0) is 14.8. The number of aromatic nitrogens is 2. The molecule has 4 fully saturated rings. The fraction of sp³-hybridized carbons (Fsp3) is 0.750. The first-order valence-electron chi connectivity index (χ1n) is 8.07. The highest BCUT2D eigenvalue weighted by molar-refractivity contribution is 5.98. The lowest BCUT2D eigenvalue weighted by Gasteiger charge is -2.56. The summed E-state index contributed by atoms with van der Waals surface area (Å²) in [5, 5.41) is 7.61. The van der Waals surface area contributed by atoms with Crippen molar-refractivity contribution in [2.24, 2.45) is 24.8 Å². The van der Waals surface area contributed by atoms with E-state index in [2.05, 4.69) is 10.4 Å². The molecular weight excluding hydrogens is 264 g/mol. The van der Waals surface area contributed by atoms with Gasteiger partial charge in [0.15, 0.2) is 0 Å². The highest BCUT2D eigenvalue weighted by Crippen LogP contribution is 2.55. The van der Waals surface area contributed by atoms with Crippen molar-refractivity contribution in [1.82, 2.24) is 15.1 Å². The molecule has 0 radical (unpaired) electrons. The van der Waals surface area contributed by atoms with E-state index < -0.39 is 0 Å². The summed E-state index contributed by atoms with van der Waals surface area (Å²) in [7, 11) is 1.79. The van der Waals surface area contributed by atoms with E-state index in [0.717, 1.165) is 42.7 Å². The third-order valence-electron chi connectivity index (χ3n) is 5.90. The Hall–Kier alpha value is -1.52. The fourth-order valence-corrected chi connectivity index (χ4v) is 5.51. The Balaban J connectivity index is 1.60. The molecule has 0 aliphatic heterocycles. The Bertz CT molecular complexity index is 568. The molecule has 4 bridgehead atoms. The molecule has 0 aromatic carbocycles. The number of carbonyl (C=O) groups excluding carboxylic acids is 1. The molecule has 0 atom stereocenters. The van der Waals surface area contributed by atoms with Crippen LogP contribution in [0, 0.1) is 24.7 Å². The summed E-state index contributed by atoms with van der Waals surface area (Å²) in [6.45, 7) is 1.84. The summed E-state index contributed by atoms with van der Waals surface area (Å²) in [6.07, 6.45) is 7.59. The molecule has 21 heavy (non-hydrogen) atoms. The van der Waals surface area contributed by atoms with Crippen molar-refractivity contribution in [2.45, 2.75) is 51.0 Å². The molecule has 0 unspecified atom stereocenters. The third-order valence-corrected chi connectivity index (χ3v) is 5.90. The molecule has 1 aromatic rings. The van der Waals surface area contributed by atoms with Gasteiger partial charge in [-0.1, -0.05) is 0 Å². The maximum atomic E-state index is 12.7. The number of nitrogen functional groups attached to an aromatic ring is 1. The first-order valence-corrected chi connectivity index (χ1v) is 8.07. The first kappa shape index (κ1) is 13.2. The standard InChI is InChI=1S/C16H24N4O/c1-9-13(17)14(20(2)19-9)15(21)18-16-6-10-3-11(7-16)5-12(4-10)8-16/h10-12H,3-8,17H2,1-2H3,(H,18,21). The van der Waals surface area contributed by atoms with Crippen molar-refractivity contribution in [3.8, 4) is 0 Å². The van der Waals surface area contributed by atoms with Crippen LogP contribution in [0.25, 0.3) is 0 Å². The number of aryl methyl sites for hydroxylation is 2. The highest BCUT2D eigenvalue weighted by atomic mass is 16.2. The lowest BCUT2D eigenvalue weighted by Crippen LogP contribution is -2.60. The van der Waals surface area contributed by atoms with Gasteiger partial charge in [-0.25, -0.2) is 0 Å². The smallest absolute Gasteiger partial charge is 0.272 e. The predicted molar refractivity (Wildman–Crippen MR) is 80.7 cm³/mol. The molecule has 5 rings (SSSR count). The van der Waals surface area contributed by atoms with Crippen LogP contribution in [0.3, 0.4) is 0 Å². The second-order valence-electron chi connectivity index (χ2n) is 7.62. The number of nitrogens with two attached hydrogens (primary N) is 1. The second-order valence-corrected chi connectivity index (χ2v) is 7.62. The Kier molecular flexibility index (Phi) is 2.66. The van der Waals surface area contributed by atoms with Gasteiger partial charge < -0.3 is 11.1 Å². The lowest BCUT2D eigenvalue weighted by molar-refractivity contribution is -0.0168. The molecule has 4 aliphatic rings. The van der Waals surface area contributed by atoms with Crippen LogP contribution in [0.1, 0.15) is 54.7 Å². The van der Waals surface area contributed by atoms with Crippen LogP contribution < -0.4 is 11.1 Å². The molecule has 5 heteroatoms. The SMILES string of the molecule is Cc1nn(C)c(C(=O)NC23CC4CC(CC(C4)C2)C3)c1N. The quantitative estimate of drug-likeness (QED) is 0.874. The van der Waals surface area contributed by atoms with E-state index in [-0.39, 0.29) is 11.4 Å². The van der Waals surface area contributed by atoms with E-state index >= 15 is 0 Å². The van der Waals surface area contributed by atoms with E-state index in [0.29, 0.717) is 11.4 Å². The summed E-state index contributed by atoms with van der Waals surface area (Å²) in [6, 6.07) is 0. The molecule has 1 aromatic heterocycles. The van der Waals surface area contributed by atoms with Crippen LogP contribution in [-0.2, 0) is 7.05 Å². The van der Waals surface area contributed by atoms with Crippen LogP contribution in [0.15, 0.2) is 0 Å². The van der Waals surface area contributed by atoms with Crippen LogP contribution >= 0.6 is 0 Å². The molecule has 1 amide bonds. The van der Waals surface area contributed by atoms with E-state index in [9.17, 15) is 4.79 Å². The van der Waals surface area contributed by atoms with Gasteiger partial charge in [-0.2, -0.15) is 5.10 Å². The zero-order valence-electron chi connectivity index (χ0n) is 12.9. The van der Waals surface area contributed by atoms with Crippen molar-refractivity contribution in [3.63, 3.8) is 0 Å². The fourth-order valence-electron chi connectivity index (χ4n) is 5.51. The van der Waals surface area contributed by atoms with Crippen molar-refractivity contribution in [3.05, 3.63) is 11.4 Å². The second kappa shape index (κ2) is 4.24. The number of rotatable bonds is 2. The summed E-state index contributed by atoms with van der Waals surface area (Å²) >= 11 is 0. The average Bonchev–Trinajstić information content (AvgIpc) is 2.60. The first-order chi connectivity index (χ1) is 9.96. The average molecular weight is 288 g/mol. The number of hydrogen-bond acceptors (Lipinski definition) is 3. The summed E-state index contributed by atoms with van der Waals surface area (Å²) in [5.41, 5.74) is 7.81. The Morgan fingerprint density at radius 1 is 1.24 bits per heavy atom. The maximum Gasteiger partial charge on any atom is 0.272 e. The van der Waals surface area contributed by atoms with Crippen molar-refractivity contribution in [2.75, 3.05) is 5.73 Å². The topological polar surface area (TPSA) is 72.9 Å². The predicted octanol–water partition coefficient (Wildman–Crippen LogP) is 2.01. The molecule has 0 spiro atoms. The highest BCUT2D eigenvalue weighted by Gasteiger charge is 2.51. The molecule has 3 N–H and O–H groups in total. The zero-order valence-corrected chi connectivity index (χ0v) is 12.9. The molecule has 4 saturated carbocycles. The lowest BCUT2D eigenvalue weighted by atomic mass is 9.53. The molecule has 5 nitrogen and oxygen atoms in total. The van der Waals surface area contributed by atoms with Crippen LogP contribution in [-0.4, -0.2) is 21.2 Å². The number of nitrogens with one attached hydrogen (secondary N) is 1. The summed E-state index contributed by atoms with van der Waals surface area (Å²) < 4.78 is 1.61. The van der Waals surface area contributed by atoms with Crippen molar-refractivity contribution in [1.29, 1.82) is 0 Å². The third kappa shape index (κ3) is 1.97. The number of amides is 1. The Labute approximate surface area is 125 Å². The van der Waals surface area contributed by atoms with Crippen LogP contribution in [0.4, 0.5) is 5.69 Å². The van der Waals surface area contributed by atoms with Gasteiger partial charge >= 0.3 is 0 Å². The van der Waals surface area contributed by atoms with Gasteiger partial charge in [0, 0.05) is 12.6 Å². The molecule has 1 heterocycles. The molecular formula is C16H24N4O. The monoisotopic (exact) mass is 288 g/mol. The van der Waals surface area contributed by atoms with Crippen LogP contribution in [0.2, 0.25) is 0 Å². The van der Waals surface area contributed by atoms with Crippen molar-refractivity contribution < 1.29 is 4.79 Å². The van der Waals surface area contributed by atoms with E-state index in [4.69, 9.17) is 5.73 Å². The van der Waals surface area contributed by atoms with Gasteiger partial charge in [0.05, 0.1) is 11.4 Å².